The van der Waals surface area contributed by atoms with Gasteiger partial charge in [-0.25, -0.2) is 0 Å². The summed E-state index contributed by atoms with van der Waals surface area (Å²) < 4.78 is 5.18. The molecule has 26 heavy (non-hydrogen) atoms. The minimum Gasteiger partial charge on any atom is -0.497 e. The molecule has 2 heterocycles. The van der Waals surface area contributed by atoms with Gasteiger partial charge in [0.1, 0.15) is 5.75 Å². The fraction of sp³-hybridized carbons (Fsp3) is 0.409. The van der Waals surface area contributed by atoms with Crippen molar-refractivity contribution in [2.45, 2.75) is 37.9 Å². The Morgan fingerprint density at radius 1 is 1.15 bits per heavy atom. The van der Waals surface area contributed by atoms with Crippen LogP contribution in [0.15, 0.2) is 54.6 Å². The van der Waals surface area contributed by atoms with Crippen LogP contribution in [0.3, 0.4) is 0 Å². The highest BCUT2D eigenvalue weighted by molar-refractivity contribution is 5.80. The lowest BCUT2D eigenvalue weighted by molar-refractivity contribution is -0.125. The van der Waals surface area contributed by atoms with Gasteiger partial charge >= 0.3 is 0 Å². The van der Waals surface area contributed by atoms with Crippen LogP contribution in [0.2, 0.25) is 0 Å². The second kappa shape index (κ2) is 7.50. The van der Waals surface area contributed by atoms with Crippen molar-refractivity contribution in [3.8, 4) is 5.75 Å². The highest BCUT2D eigenvalue weighted by Crippen LogP contribution is 2.44. The van der Waals surface area contributed by atoms with Gasteiger partial charge in [-0.3, -0.25) is 9.69 Å². The summed E-state index contributed by atoms with van der Waals surface area (Å²) in [5.41, 5.74) is 2.44. The number of rotatable bonds is 5. The molecule has 2 aromatic rings. The third-order valence-corrected chi connectivity index (χ3v) is 5.83. The van der Waals surface area contributed by atoms with E-state index in [1.54, 1.807) is 7.11 Å². The van der Waals surface area contributed by atoms with E-state index in [0.717, 1.165) is 30.7 Å². The van der Waals surface area contributed by atoms with E-state index in [1.807, 2.05) is 24.3 Å². The number of nitrogens with one attached hydrogen (secondary N) is 1. The van der Waals surface area contributed by atoms with Crippen molar-refractivity contribution in [1.29, 1.82) is 0 Å². The van der Waals surface area contributed by atoms with Crippen LogP contribution in [0.5, 0.6) is 5.75 Å². The van der Waals surface area contributed by atoms with E-state index >= 15 is 0 Å². The molecule has 1 N–H and O–H groups in total. The van der Waals surface area contributed by atoms with E-state index in [1.165, 1.54) is 12.0 Å². The molecular weight excluding hydrogens is 324 g/mol. The van der Waals surface area contributed by atoms with Gasteiger partial charge < -0.3 is 10.1 Å². The number of hydrogen-bond donors (Lipinski definition) is 1. The monoisotopic (exact) mass is 350 g/mol. The maximum atomic E-state index is 12.9. The molecule has 0 saturated carbocycles. The van der Waals surface area contributed by atoms with Gasteiger partial charge in [-0.05, 0) is 49.1 Å². The van der Waals surface area contributed by atoms with Gasteiger partial charge in [0.2, 0.25) is 5.91 Å². The van der Waals surface area contributed by atoms with E-state index in [2.05, 4.69) is 40.5 Å². The fourth-order valence-electron chi connectivity index (χ4n) is 4.52. The summed E-state index contributed by atoms with van der Waals surface area (Å²) in [7, 11) is 1.66. The molecule has 2 aliphatic rings. The Morgan fingerprint density at radius 3 is 2.65 bits per heavy atom. The fourth-order valence-corrected chi connectivity index (χ4v) is 4.52. The molecule has 3 atom stereocenters. The topological polar surface area (TPSA) is 41.6 Å². The Balaban J connectivity index is 1.42. The number of methoxy groups -OCH3 is 1. The molecule has 4 rings (SSSR count). The Labute approximate surface area is 155 Å². The third-order valence-electron chi connectivity index (χ3n) is 5.83. The van der Waals surface area contributed by atoms with Gasteiger partial charge in [0.25, 0.3) is 0 Å². The van der Waals surface area contributed by atoms with E-state index in [9.17, 15) is 4.79 Å². The molecule has 1 amide bonds. The summed E-state index contributed by atoms with van der Waals surface area (Å²) >= 11 is 0. The van der Waals surface area contributed by atoms with Crippen LogP contribution in [0.4, 0.5) is 0 Å². The Bertz CT molecular complexity index is 744. The maximum Gasteiger partial charge on any atom is 0.225 e. The standard InChI is InChI=1S/C22H26N2O2/c1-26-18-11-9-16(10-12-18)15-23-22(25)19-14-21(17-6-3-2-4-7-17)24-13-5-8-20(19)24/h2-4,6-7,9-12,19-21H,5,8,13-15H2,1H3,(H,23,25)/t19-,20+,21-/m0/s1. The van der Waals surface area contributed by atoms with Crippen molar-refractivity contribution in [3.05, 3.63) is 65.7 Å². The predicted molar refractivity (Wildman–Crippen MR) is 102 cm³/mol. The number of amides is 1. The average molecular weight is 350 g/mol. The molecule has 2 aliphatic heterocycles. The summed E-state index contributed by atoms with van der Waals surface area (Å²) in [4.78, 5) is 15.4. The van der Waals surface area contributed by atoms with Crippen LogP contribution < -0.4 is 10.1 Å². The van der Waals surface area contributed by atoms with Crippen LogP contribution in [0, 0.1) is 5.92 Å². The number of fused-ring (bicyclic) bond motifs is 1. The van der Waals surface area contributed by atoms with Gasteiger partial charge in [0.05, 0.1) is 13.0 Å². The summed E-state index contributed by atoms with van der Waals surface area (Å²) in [6.07, 6.45) is 3.24. The zero-order valence-corrected chi connectivity index (χ0v) is 15.2. The zero-order valence-electron chi connectivity index (χ0n) is 15.2. The Hall–Kier alpha value is -2.33. The van der Waals surface area contributed by atoms with Crippen molar-refractivity contribution >= 4 is 5.91 Å². The van der Waals surface area contributed by atoms with Crippen LogP contribution in [0.25, 0.3) is 0 Å². The first-order chi connectivity index (χ1) is 12.8. The largest absolute Gasteiger partial charge is 0.497 e. The molecule has 0 radical (unpaired) electrons. The molecule has 136 valence electrons. The minimum atomic E-state index is 0.0842. The summed E-state index contributed by atoms with van der Waals surface area (Å²) in [6, 6.07) is 19.3. The average Bonchev–Trinajstić information content (AvgIpc) is 3.30. The third kappa shape index (κ3) is 3.34. The number of benzene rings is 2. The van der Waals surface area contributed by atoms with E-state index in [0.29, 0.717) is 18.6 Å². The molecule has 0 aliphatic carbocycles. The van der Waals surface area contributed by atoms with Crippen molar-refractivity contribution in [2.75, 3.05) is 13.7 Å². The summed E-state index contributed by atoms with van der Waals surface area (Å²) in [5.74, 6) is 1.11. The van der Waals surface area contributed by atoms with Crippen LogP contribution in [-0.4, -0.2) is 30.5 Å². The lowest BCUT2D eigenvalue weighted by Crippen LogP contribution is -2.37. The first-order valence-corrected chi connectivity index (χ1v) is 9.47. The quantitative estimate of drug-likeness (QED) is 0.897. The predicted octanol–water partition coefficient (Wildman–Crippen LogP) is 3.54. The first-order valence-electron chi connectivity index (χ1n) is 9.47. The maximum absolute atomic E-state index is 12.9. The minimum absolute atomic E-state index is 0.0842. The molecule has 4 heteroatoms. The lowest BCUT2D eigenvalue weighted by Gasteiger charge is -2.24. The Kier molecular flexibility index (Phi) is 4.93. The van der Waals surface area contributed by atoms with Crippen molar-refractivity contribution < 1.29 is 9.53 Å². The van der Waals surface area contributed by atoms with Crippen LogP contribution >= 0.6 is 0 Å². The highest BCUT2D eigenvalue weighted by Gasteiger charge is 2.46. The van der Waals surface area contributed by atoms with E-state index in [4.69, 9.17) is 4.74 Å². The second-order valence-corrected chi connectivity index (χ2v) is 7.28. The first kappa shape index (κ1) is 17.1. The number of hydrogen-bond acceptors (Lipinski definition) is 3. The SMILES string of the molecule is COc1ccc(CNC(=O)[C@H]2C[C@@H](c3ccccc3)N3CCC[C@H]23)cc1. The molecule has 2 saturated heterocycles. The van der Waals surface area contributed by atoms with Crippen molar-refractivity contribution in [3.63, 3.8) is 0 Å². The lowest BCUT2D eigenvalue weighted by atomic mass is 9.93. The second-order valence-electron chi connectivity index (χ2n) is 7.28. The highest BCUT2D eigenvalue weighted by atomic mass is 16.5. The molecule has 2 aromatic carbocycles. The molecule has 0 spiro atoms. The van der Waals surface area contributed by atoms with Crippen molar-refractivity contribution in [2.24, 2.45) is 5.92 Å². The van der Waals surface area contributed by atoms with Gasteiger partial charge in [0, 0.05) is 18.6 Å². The smallest absolute Gasteiger partial charge is 0.225 e. The molecule has 2 fully saturated rings. The molecular formula is C22H26N2O2. The molecule has 0 bridgehead atoms. The van der Waals surface area contributed by atoms with Gasteiger partial charge in [-0.2, -0.15) is 0 Å². The molecule has 0 aromatic heterocycles. The number of nitrogens with zero attached hydrogens (tertiary/aromatic N) is 1. The summed E-state index contributed by atoms with van der Waals surface area (Å²) in [5, 5.41) is 3.16. The number of carbonyl (C=O) groups excluding carboxylic acids is 1. The zero-order chi connectivity index (χ0) is 17.9. The van der Waals surface area contributed by atoms with Crippen LogP contribution in [0.1, 0.15) is 36.4 Å². The van der Waals surface area contributed by atoms with Crippen molar-refractivity contribution in [1.82, 2.24) is 10.2 Å². The van der Waals surface area contributed by atoms with E-state index in [-0.39, 0.29) is 11.8 Å². The number of ether oxygens (including phenoxy) is 1. The summed E-state index contributed by atoms with van der Waals surface area (Å²) in [6.45, 7) is 1.68. The van der Waals surface area contributed by atoms with Crippen LogP contribution in [-0.2, 0) is 11.3 Å². The number of carbonyl (C=O) groups is 1. The van der Waals surface area contributed by atoms with E-state index < -0.39 is 0 Å². The normalized spacial score (nSPS) is 25.0. The van der Waals surface area contributed by atoms with Gasteiger partial charge in [-0.1, -0.05) is 42.5 Å². The van der Waals surface area contributed by atoms with Gasteiger partial charge in [0.15, 0.2) is 0 Å². The molecule has 4 nitrogen and oxygen atoms in total. The molecule has 0 unspecified atom stereocenters. The van der Waals surface area contributed by atoms with Gasteiger partial charge in [-0.15, -0.1) is 0 Å². The Morgan fingerprint density at radius 2 is 1.92 bits per heavy atom.